The lowest BCUT2D eigenvalue weighted by Crippen LogP contribution is -2.41. The smallest absolute Gasteiger partial charge is 0.315 e. The van der Waals surface area contributed by atoms with Gasteiger partial charge in [0, 0.05) is 12.6 Å². The zero-order chi connectivity index (χ0) is 14.4. The summed E-state index contributed by atoms with van der Waals surface area (Å²) in [7, 11) is 0. The molecule has 1 aliphatic carbocycles. The molecule has 2 amide bonds. The van der Waals surface area contributed by atoms with E-state index in [1.54, 1.807) is 0 Å². The second kappa shape index (κ2) is 6.93. The first kappa shape index (κ1) is 14.4. The van der Waals surface area contributed by atoms with Gasteiger partial charge in [-0.25, -0.2) is 4.79 Å². The maximum absolute atomic E-state index is 11.7. The minimum absolute atomic E-state index is 0.0205. The second-order valence-corrected chi connectivity index (χ2v) is 5.18. The number of benzene rings is 1. The molecular formula is C15H20N2O3. The lowest BCUT2D eigenvalue weighted by molar-refractivity contribution is -0.141. The number of aliphatic carboxylic acids is 1. The largest absolute Gasteiger partial charge is 0.481 e. The van der Waals surface area contributed by atoms with Crippen LogP contribution in [-0.4, -0.2) is 29.7 Å². The molecule has 1 aliphatic rings. The summed E-state index contributed by atoms with van der Waals surface area (Å²) in [5.74, 6) is -1.08. The van der Waals surface area contributed by atoms with Crippen molar-refractivity contribution in [3.63, 3.8) is 0 Å². The third-order valence-corrected chi connectivity index (χ3v) is 3.66. The van der Waals surface area contributed by atoms with Gasteiger partial charge in [-0.15, -0.1) is 0 Å². The molecule has 1 fully saturated rings. The zero-order valence-electron chi connectivity index (χ0n) is 11.3. The summed E-state index contributed by atoms with van der Waals surface area (Å²) in [6.07, 6.45) is 2.70. The number of carbonyl (C=O) groups is 2. The molecule has 0 aromatic heterocycles. The Morgan fingerprint density at radius 1 is 1.20 bits per heavy atom. The molecule has 0 radical (unpaired) electrons. The average molecular weight is 276 g/mol. The molecule has 0 spiro atoms. The van der Waals surface area contributed by atoms with E-state index in [-0.39, 0.29) is 18.0 Å². The molecule has 0 bridgehead atoms. The van der Waals surface area contributed by atoms with E-state index in [4.69, 9.17) is 5.11 Å². The predicted octanol–water partition coefficient (Wildman–Crippen LogP) is 1.78. The van der Waals surface area contributed by atoms with E-state index in [9.17, 15) is 9.59 Å². The maximum Gasteiger partial charge on any atom is 0.315 e. The fraction of sp³-hybridized carbons (Fsp3) is 0.467. The van der Waals surface area contributed by atoms with Crippen molar-refractivity contribution in [1.82, 2.24) is 10.6 Å². The van der Waals surface area contributed by atoms with Crippen molar-refractivity contribution in [3.8, 4) is 0 Å². The van der Waals surface area contributed by atoms with Crippen LogP contribution in [0.1, 0.15) is 24.8 Å². The number of carboxylic acid groups (broad SMARTS) is 1. The Bertz CT molecular complexity index is 461. The predicted molar refractivity (Wildman–Crippen MR) is 75.4 cm³/mol. The first-order valence-corrected chi connectivity index (χ1v) is 6.96. The lowest BCUT2D eigenvalue weighted by atomic mass is 10.1. The third-order valence-electron chi connectivity index (χ3n) is 3.66. The lowest BCUT2D eigenvalue weighted by Gasteiger charge is -2.13. The number of nitrogens with one attached hydrogen (secondary N) is 2. The third kappa shape index (κ3) is 4.26. The van der Waals surface area contributed by atoms with Crippen molar-refractivity contribution in [2.75, 3.05) is 6.54 Å². The van der Waals surface area contributed by atoms with Gasteiger partial charge in [0.1, 0.15) is 0 Å². The fourth-order valence-electron chi connectivity index (χ4n) is 2.54. The molecule has 0 unspecified atom stereocenters. The normalized spacial score (nSPS) is 21.4. The minimum Gasteiger partial charge on any atom is -0.481 e. The van der Waals surface area contributed by atoms with Crippen molar-refractivity contribution < 1.29 is 14.7 Å². The molecule has 3 N–H and O–H groups in total. The van der Waals surface area contributed by atoms with Gasteiger partial charge in [0.25, 0.3) is 0 Å². The summed E-state index contributed by atoms with van der Waals surface area (Å²) >= 11 is 0. The van der Waals surface area contributed by atoms with Gasteiger partial charge in [-0.1, -0.05) is 30.3 Å². The summed E-state index contributed by atoms with van der Waals surface area (Å²) in [5, 5.41) is 14.5. The van der Waals surface area contributed by atoms with E-state index >= 15 is 0 Å². The first-order chi connectivity index (χ1) is 9.65. The Hall–Kier alpha value is -2.04. The van der Waals surface area contributed by atoms with Crippen molar-refractivity contribution in [1.29, 1.82) is 0 Å². The number of rotatable bonds is 5. The molecule has 1 aromatic carbocycles. The van der Waals surface area contributed by atoms with Gasteiger partial charge in [-0.05, 0) is 31.2 Å². The highest BCUT2D eigenvalue weighted by atomic mass is 16.4. The topological polar surface area (TPSA) is 78.4 Å². The quantitative estimate of drug-likeness (QED) is 0.767. The van der Waals surface area contributed by atoms with Gasteiger partial charge in [-0.3, -0.25) is 4.79 Å². The van der Waals surface area contributed by atoms with Gasteiger partial charge >= 0.3 is 12.0 Å². The van der Waals surface area contributed by atoms with Crippen LogP contribution in [0.4, 0.5) is 4.79 Å². The Labute approximate surface area is 118 Å². The maximum atomic E-state index is 11.7. The minimum atomic E-state index is -0.765. The van der Waals surface area contributed by atoms with Crippen molar-refractivity contribution >= 4 is 12.0 Å². The molecule has 108 valence electrons. The van der Waals surface area contributed by atoms with Gasteiger partial charge in [-0.2, -0.15) is 0 Å². The molecule has 2 rings (SSSR count). The highest BCUT2D eigenvalue weighted by molar-refractivity contribution is 5.75. The van der Waals surface area contributed by atoms with Crippen LogP contribution in [0.3, 0.4) is 0 Å². The van der Waals surface area contributed by atoms with E-state index in [1.165, 1.54) is 5.56 Å². The second-order valence-electron chi connectivity index (χ2n) is 5.18. The van der Waals surface area contributed by atoms with Crippen LogP contribution in [-0.2, 0) is 11.2 Å². The van der Waals surface area contributed by atoms with Crippen LogP contribution in [0.2, 0.25) is 0 Å². The molecule has 0 aliphatic heterocycles. The molecular weight excluding hydrogens is 256 g/mol. The summed E-state index contributed by atoms with van der Waals surface area (Å²) in [6, 6.07) is 9.72. The molecule has 5 heteroatoms. The van der Waals surface area contributed by atoms with Crippen LogP contribution < -0.4 is 10.6 Å². The number of hydrogen-bond donors (Lipinski definition) is 3. The highest BCUT2D eigenvalue weighted by Crippen LogP contribution is 2.25. The van der Waals surface area contributed by atoms with Crippen molar-refractivity contribution in [2.45, 2.75) is 31.7 Å². The first-order valence-electron chi connectivity index (χ1n) is 6.96. The molecule has 0 heterocycles. The monoisotopic (exact) mass is 276 g/mol. The molecule has 5 nitrogen and oxygen atoms in total. The van der Waals surface area contributed by atoms with E-state index in [2.05, 4.69) is 10.6 Å². The summed E-state index contributed by atoms with van der Waals surface area (Å²) in [4.78, 5) is 22.5. The molecule has 1 aromatic rings. The van der Waals surface area contributed by atoms with Crippen LogP contribution in [0.15, 0.2) is 30.3 Å². The average Bonchev–Trinajstić information content (AvgIpc) is 2.88. The number of urea groups is 1. The van der Waals surface area contributed by atoms with Gasteiger partial charge in [0.05, 0.1) is 5.92 Å². The number of carboxylic acids is 1. The number of amides is 2. The van der Waals surface area contributed by atoms with E-state index < -0.39 is 5.97 Å². The summed E-state index contributed by atoms with van der Waals surface area (Å²) in [6.45, 7) is 0.574. The fourth-order valence-corrected chi connectivity index (χ4v) is 2.54. The van der Waals surface area contributed by atoms with Crippen LogP contribution in [0, 0.1) is 5.92 Å². The highest BCUT2D eigenvalue weighted by Gasteiger charge is 2.30. The molecule has 20 heavy (non-hydrogen) atoms. The summed E-state index contributed by atoms with van der Waals surface area (Å²) < 4.78 is 0. The van der Waals surface area contributed by atoms with E-state index in [0.717, 1.165) is 12.8 Å². The Balaban J connectivity index is 1.65. The van der Waals surface area contributed by atoms with Crippen molar-refractivity contribution in [2.24, 2.45) is 5.92 Å². The number of carbonyl (C=O) groups excluding carboxylic acids is 1. The van der Waals surface area contributed by atoms with Crippen LogP contribution in [0.5, 0.6) is 0 Å². The van der Waals surface area contributed by atoms with Crippen molar-refractivity contribution in [3.05, 3.63) is 35.9 Å². The van der Waals surface area contributed by atoms with Crippen LogP contribution in [0.25, 0.3) is 0 Å². The number of hydrogen-bond acceptors (Lipinski definition) is 2. The SMILES string of the molecule is O=C(NCCc1ccccc1)N[C@H]1CC[C@@H](C(=O)O)C1. The van der Waals surface area contributed by atoms with Crippen LogP contribution >= 0.6 is 0 Å². The van der Waals surface area contributed by atoms with Gasteiger partial charge < -0.3 is 15.7 Å². The summed E-state index contributed by atoms with van der Waals surface area (Å²) in [5.41, 5.74) is 1.18. The Morgan fingerprint density at radius 3 is 2.60 bits per heavy atom. The standard InChI is InChI=1S/C15H20N2O3/c18-14(19)12-6-7-13(10-12)17-15(20)16-9-8-11-4-2-1-3-5-11/h1-5,12-13H,6-10H2,(H,18,19)(H2,16,17,20)/t12-,13+/m1/s1. The van der Waals surface area contributed by atoms with E-state index in [1.807, 2.05) is 30.3 Å². The molecule has 2 atom stereocenters. The Kier molecular flexibility index (Phi) is 4.98. The molecule has 1 saturated carbocycles. The zero-order valence-corrected chi connectivity index (χ0v) is 11.3. The van der Waals surface area contributed by atoms with E-state index in [0.29, 0.717) is 19.4 Å². The molecule has 0 saturated heterocycles. The van der Waals surface area contributed by atoms with Gasteiger partial charge in [0.15, 0.2) is 0 Å². The van der Waals surface area contributed by atoms with Gasteiger partial charge in [0.2, 0.25) is 0 Å². The Morgan fingerprint density at radius 2 is 1.95 bits per heavy atom.